The van der Waals surface area contributed by atoms with Crippen molar-refractivity contribution in [1.29, 1.82) is 0 Å². The van der Waals surface area contributed by atoms with E-state index in [-0.39, 0.29) is 69.3 Å². The van der Waals surface area contributed by atoms with Crippen molar-refractivity contribution in [1.82, 2.24) is 39.6 Å². The number of aromatic nitrogens is 2. The van der Waals surface area contributed by atoms with Crippen LogP contribution in [0.3, 0.4) is 0 Å². The molecule has 23 heteroatoms. The highest BCUT2D eigenvalue weighted by atomic mass is 35.5. The van der Waals surface area contributed by atoms with E-state index in [1.54, 1.807) is 42.6 Å². The number of fused-ring (bicyclic) bond motifs is 2. The van der Waals surface area contributed by atoms with Gasteiger partial charge in [0.15, 0.2) is 0 Å². The molecule has 6 aliphatic rings. The molecule has 6 aromatic rings. The van der Waals surface area contributed by atoms with E-state index in [2.05, 4.69) is 77.8 Å². The summed E-state index contributed by atoms with van der Waals surface area (Å²) in [7, 11) is -4.61. The molecule has 2 atom stereocenters. The number of carbonyl (C=O) groups is 5. The van der Waals surface area contributed by atoms with Crippen LogP contribution < -0.4 is 30.2 Å². The number of anilines is 3. The summed E-state index contributed by atoms with van der Waals surface area (Å²) in [6.45, 7) is 14.3. The first-order valence-electron chi connectivity index (χ1n) is 30.4. The van der Waals surface area contributed by atoms with Gasteiger partial charge in [0.25, 0.3) is 27.7 Å². The standard InChI is InChI=1S/C65H73ClN11O10S/c1-40-37-75(29-28-74(40)38-42-6-15-51-53(30-42)64(82)76(63(51)81)56-18-19-59(78)70-62(56)80)47-11-4-41(5-12-47)35-68-55-17-14-50(33-57(55)77(83)84)88(85,86)71-61(79)52-16-13-48(32-58(52)87-49-31-44-21-23-67-60(44)69-36-49)73-26-24-72(25-27-73)39-45-20-22-65(2,3)34-54(45)43-7-9-46(66)10-8-43/h6-10,13-17,21,23,30-33,36,40-41,47,56,68,83H,4-5,11-12,18-20,22,24-29,34-35,37-39H2,1-3H3,(H,67,69)(H,71,79)(H,70,78,80)/q-1/t40-,41?,47?,56?/m0/s1. The summed E-state index contributed by atoms with van der Waals surface area (Å²) < 4.78 is 36.7. The number of pyridine rings is 1. The summed E-state index contributed by atoms with van der Waals surface area (Å²) >= 11 is 6.28. The van der Waals surface area contributed by atoms with Gasteiger partial charge in [-0.05, 0) is 153 Å². The molecular formula is C65H73ClN11O10S-. The highest BCUT2D eigenvalue weighted by molar-refractivity contribution is 7.90. The van der Waals surface area contributed by atoms with Crippen molar-refractivity contribution in [3.05, 3.63) is 147 Å². The molecule has 2 aromatic heterocycles. The van der Waals surface area contributed by atoms with Crippen LogP contribution in [0.2, 0.25) is 5.02 Å². The molecule has 0 spiro atoms. The van der Waals surface area contributed by atoms with Crippen LogP contribution in [0.15, 0.2) is 114 Å². The molecule has 4 fully saturated rings. The maximum absolute atomic E-state index is 14.2. The monoisotopic (exact) mass is 1230 g/mol. The Hall–Kier alpha value is -7.70. The molecule has 462 valence electrons. The van der Waals surface area contributed by atoms with Gasteiger partial charge in [-0.25, -0.2) is 18.1 Å². The number of sulfonamides is 1. The second-order valence-corrected chi connectivity index (χ2v) is 27.3. The van der Waals surface area contributed by atoms with Crippen molar-refractivity contribution in [2.45, 2.75) is 108 Å². The number of rotatable bonds is 17. The summed E-state index contributed by atoms with van der Waals surface area (Å²) in [4.78, 5) is 82.9. The minimum absolute atomic E-state index is 0.0469. The topological polar surface area (TPSA) is 256 Å². The van der Waals surface area contributed by atoms with Gasteiger partial charge in [0.1, 0.15) is 23.2 Å². The largest absolute Gasteiger partial charge is 0.733 e. The Bertz CT molecular complexity index is 3840. The number of H-pyrrole nitrogens is 1. The smallest absolute Gasteiger partial charge is 0.268 e. The van der Waals surface area contributed by atoms with Crippen LogP contribution in [0.1, 0.15) is 121 Å². The Morgan fingerprint density at radius 1 is 0.864 bits per heavy atom. The fourth-order valence-electron chi connectivity index (χ4n) is 13.6. The fourth-order valence-corrected chi connectivity index (χ4v) is 14.7. The van der Waals surface area contributed by atoms with Gasteiger partial charge in [0, 0.05) is 112 Å². The Kier molecular flexibility index (Phi) is 17.2. The zero-order valence-corrected chi connectivity index (χ0v) is 51.2. The molecule has 0 bridgehead atoms. The predicted octanol–water partition coefficient (Wildman–Crippen LogP) is 9.18. The third kappa shape index (κ3) is 13.1. The van der Waals surface area contributed by atoms with Gasteiger partial charge in [-0.1, -0.05) is 49.2 Å². The van der Waals surface area contributed by atoms with Crippen LogP contribution in [0.25, 0.3) is 16.6 Å². The second-order valence-electron chi connectivity index (χ2n) is 25.1. The molecule has 1 saturated carbocycles. The number of carbonyl (C=O) groups excluding carboxylic acids is 5. The van der Waals surface area contributed by atoms with E-state index >= 15 is 0 Å². The summed E-state index contributed by atoms with van der Waals surface area (Å²) in [6, 6.07) is 25.4. The Morgan fingerprint density at radius 2 is 1.64 bits per heavy atom. The molecule has 0 radical (unpaired) electrons. The van der Waals surface area contributed by atoms with Gasteiger partial charge in [-0.2, -0.15) is 0 Å². The van der Waals surface area contributed by atoms with Gasteiger partial charge < -0.3 is 30.4 Å². The van der Waals surface area contributed by atoms with Gasteiger partial charge in [-0.15, -0.1) is 0 Å². The number of aromatic amines is 1. The minimum Gasteiger partial charge on any atom is -0.733 e. The van der Waals surface area contributed by atoms with E-state index in [0.717, 1.165) is 117 Å². The molecule has 6 heterocycles. The number of hydrogen-bond donors (Lipinski definition) is 5. The molecule has 4 aromatic carbocycles. The highest BCUT2D eigenvalue weighted by Crippen LogP contribution is 2.44. The van der Waals surface area contributed by atoms with Crippen LogP contribution in [0.4, 0.5) is 17.1 Å². The van der Waals surface area contributed by atoms with E-state index in [0.29, 0.717) is 43.6 Å². The van der Waals surface area contributed by atoms with Crippen LogP contribution in [-0.2, 0) is 26.2 Å². The molecule has 12 rings (SSSR count). The lowest BCUT2D eigenvalue weighted by Crippen LogP contribution is -2.55. The van der Waals surface area contributed by atoms with Crippen molar-refractivity contribution >= 4 is 84.8 Å². The van der Waals surface area contributed by atoms with Crippen molar-refractivity contribution in [2.75, 3.05) is 74.3 Å². The first kappa shape index (κ1) is 60.6. The normalized spacial score (nSPS) is 22.2. The second kappa shape index (κ2) is 25.1. The zero-order valence-electron chi connectivity index (χ0n) is 49.6. The number of hydrogen-bond acceptors (Lipinski definition) is 17. The summed E-state index contributed by atoms with van der Waals surface area (Å²) in [5, 5.41) is 29.6. The number of nitrogens with one attached hydrogen (secondary N) is 4. The lowest BCUT2D eigenvalue weighted by Gasteiger charge is -2.45. The zero-order chi connectivity index (χ0) is 61.6. The van der Waals surface area contributed by atoms with Crippen LogP contribution >= 0.6 is 11.6 Å². The van der Waals surface area contributed by atoms with Crippen molar-refractivity contribution in [2.24, 2.45) is 11.3 Å². The highest BCUT2D eigenvalue weighted by Gasteiger charge is 2.45. The molecule has 1 unspecified atom stereocenters. The number of halogens is 1. The maximum Gasteiger partial charge on any atom is 0.268 e. The van der Waals surface area contributed by atoms with Crippen molar-refractivity contribution in [3.63, 3.8) is 0 Å². The number of allylic oxidation sites excluding steroid dienone is 1. The molecule has 3 saturated heterocycles. The van der Waals surface area contributed by atoms with Gasteiger partial charge >= 0.3 is 0 Å². The SMILES string of the molecule is C[C@H]1CN(C2CCC(CNc3ccc(S(=O)(=O)NC(=O)c4ccc(N5CCN(CC6=C(c7ccc(Cl)cc7)CC(C)(C)CC6)CC5)cc4Oc4cnc5[nH]ccc5c4)cc3N([O-])O)CC2)CCN1Cc1ccc2c(c1)C(=O)N(C1CCC(=O)NC1=O)C2=O. The minimum atomic E-state index is -4.61. The van der Waals surface area contributed by atoms with Crippen LogP contribution in [0.5, 0.6) is 11.5 Å². The third-order valence-corrected chi connectivity index (χ3v) is 20.2. The average Bonchev–Trinajstić information content (AvgIpc) is 1.66. The van der Waals surface area contributed by atoms with E-state index in [1.807, 2.05) is 24.3 Å². The molecule has 21 nitrogen and oxygen atoms in total. The number of piperazine rings is 2. The van der Waals surface area contributed by atoms with E-state index < -0.39 is 50.5 Å². The van der Waals surface area contributed by atoms with Crippen LogP contribution in [-0.4, -0.2) is 150 Å². The molecule has 2 aliphatic carbocycles. The van der Waals surface area contributed by atoms with E-state index in [4.69, 9.17) is 16.3 Å². The third-order valence-electron chi connectivity index (χ3n) is 18.7. The quantitative estimate of drug-likeness (QED) is 0.0421. The Balaban J connectivity index is 0.652. The first-order valence-corrected chi connectivity index (χ1v) is 32.2. The average molecular weight is 1240 g/mol. The first-order chi connectivity index (χ1) is 42.2. The summed E-state index contributed by atoms with van der Waals surface area (Å²) in [5.74, 6) is -2.37. The number of nitrogens with zero attached hydrogens (tertiary/aromatic N) is 7. The predicted molar refractivity (Wildman–Crippen MR) is 335 cm³/mol. The Labute approximate surface area is 516 Å². The Morgan fingerprint density at radius 3 is 2.39 bits per heavy atom. The summed E-state index contributed by atoms with van der Waals surface area (Å²) in [5.41, 5.74) is 7.01. The molecular weight excluding hydrogens is 1160 g/mol. The molecule has 88 heavy (non-hydrogen) atoms. The van der Waals surface area contributed by atoms with Crippen LogP contribution in [0, 0.1) is 16.5 Å². The van der Waals surface area contributed by atoms with Gasteiger partial charge in [0.05, 0.1) is 39.2 Å². The fraction of sp³-hybridized carbons (Fsp3) is 0.415. The molecule has 5 amide bonds. The summed E-state index contributed by atoms with van der Waals surface area (Å²) in [6.07, 6.45) is 10.3. The van der Waals surface area contributed by atoms with Crippen molar-refractivity contribution in [3.8, 4) is 11.5 Å². The molecule has 4 aliphatic heterocycles. The number of imide groups is 2. The van der Waals surface area contributed by atoms with Crippen molar-refractivity contribution < 1.29 is 42.3 Å². The van der Waals surface area contributed by atoms with Gasteiger partial charge in [0.2, 0.25) is 11.8 Å². The molecule has 5 N–H and O–H groups in total. The lowest BCUT2D eigenvalue weighted by molar-refractivity contribution is -0.136. The number of benzene rings is 4. The maximum atomic E-state index is 14.2. The lowest BCUT2D eigenvalue weighted by atomic mass is 9.72. The number of piperidine rings is 1. The van der Waals surface area contributed by atoms with E-state index in [9.17, 15) is 42.8 Å². The van der Waals surface area contributed by atoms with E-state index in [1.165, 1.54) is 35.0 Å². The number of ether oxygens (including phenoxy) is 1. The van der Waals surface area contributed by atoms with Gasteiger partial charge in [-0.3, -0.25) is 54.1 Å². The number of amides is 5.